The van der Waals surface area contributed by atoms with Gasteiger partial charge in [0.25, 0.3) is 0 Å². The second kappa shape index (κ2) is 5.97. The largest absolute Gasteiger partial charge is 0.375 e. The van der Waals surface area contributed by atoms with Crippen LogP contribution in [-0.4, -0.2) is 29.4 Å². The topological polar surface area (TPSA) is 55.4 Å². The van der Waals surface area contributed by atoms with Gasteiger partial charge in [-0.15, -0.1) is 0 Å². The highest BCUT2D eigenvalue weighted by Crippen LogP contribution is 2.48. The molecule has 2 saturated heterocycles. The van der Waals surface area contributed by atoms with E-state index in [0.29, 0.717) is 28.5 Å². The number of nitrogens with one attached hydrogen (secondary N) is 1. The molecule has 2 heterocycles. The number of Topliss-reactive ketones (excluding diaryl/α,β-unsaturated/α-hetero) is 1. The molecule has 2 spiro atoms. The van der Waals surface area contributed by atoms with E-state index in [1.54, 1.807) is 12.1 Å². The molecule has 3 aliphatic rings. The summed E-state index contributed by atoms with van der Waals surface area (Å²) in [4.78, 5) is 26.0. The van der Waals surface area contributed by atoms with Gasteiger partial charge in [0.2, 0.25) is 5.91 Å². The van der Waals surface area contributed by atoms with Gasteiger partial charge >= 0.3 is 0 Å². The number of halogens is 2. The Kier molecular flexibility index (Phi) is 4.13. The van der Waals surface area contributed by atoms with E-state index in [4.69, 9.17) is 27.9 Å². The molecule has 1 aliphatic carbocycles. The highest BCUT2D eigenvalue weighted by Gasteiger charge is 2.57. The molecule has 1 atom stereocenters. The Balaban J connectivity index is 1.63. The van der Waals surface area contributed by atoms with Crippen LogP contribution in [-0.2, 0) is 14.3 Å². The summed E-state index contributed by atoms with van der Waals surface area (Å²) < 4.78 is 5.95. The number of hydrogen-bond donors (Lipinski definition) is 1. The summed E-state index contributed by atoms with van der Waals surface area (Å²) in [5, 5.41) is 3.89. The molecule has 1 saturated carbocycles. The minimum atomic E-state index is -0.844. The third-order valence-corrected chi connectivity index (χ3v) is 6.68. The summed E-state index contributed by atoms with van der Waals surface area (Å²) in [6.07, 6.45) is 5.04. The molecular weight excluding hydrogens is 361 g/mol. The maximum absolute atomic E-state index is 13.3. The first-order chi connectivity index (χ1) is 11.9. The van der Waals surface area contributed by atoms with Crippen LogP contribution in [0.4, 0.5) is 0 Å². The molecule has 134 valence electrons. The highest BCUT2D eigenvalue weighted by atomic mass is 35.5. The zero-order valence-corrected chi connectivity index (χ0v) is 15.7. The van der Waals surface area contributed by atoms with E-state index in [1.807, 2.05) is 6.92 Å². The fourth-order valence-corrected chi connectivity index (χ4v) is 5.46. The van der Waals surface area contributed by atoms with E-state index in [2.05, 4.69) is 5.32 Å². The van der Waals surface area contributed by atoms with E-state index in [9.17, 15) is 9.59 Å². The fourth-order valence-electron chi connectivity index (χ4n) is 4.76. The van der Waals surface area contributed by atoms with Crippen LogP contribution in [0.25, 0.3) is 0 Å². The van der Waals surface area contributed by atoms with Crippen LogP contribution in [0, 0.1) is 6.92 Å². The Bertz CT molecular complexity index is 722. The number of ketones is 1. The Morgan fingerprint density at radius 2 is 1.84 bits per heavy atom. The molecule has 1 N–H and O–H groups in total. The molecule has 0 radical (unpaired) electrons. The van der Waals surface area contributed by atoms with E-state index < -0.39 is 11.5 Å². The first kappa shape index (κ1) is 17.3. The number of benzene rings is 1. The maximum atomic E-state index is 13.3. The smallest absolute Gasteiger partial charge is 0.236 e. The van der Waals surface area contributed by atoms with Crippen LogP contribution in [0.5, 0.6) is 0 Å². The summed E-state index contributed by atoms with van der Waals surface area (Å²) >= 11 is 12.4. The summed E-state index contributed by atoms with van der Waals surface area (Å²) in [6, 6.07) is 3.34. The summed E-state index contributed by atoms with van der Waals surface area (Å²) in [5.74, 6) is -1.15. The number of rotatable bonds is 1. The van der Waals surface area contributed by atoms with Gasteiger partial charge in [-0.05, 0) is 68.7 Å². The second-order valence-corrected chi connectivity index (χ2v) is 8.47. The molecule has 1 unspecified atom stereocenters. The number of carbonyl (C=O) groups excluding carboxylic acids is 2. The average molecular weight is 382 g/mol. The molecule has 0 bridgehead atoms. The van der Waals surface area contributed by atoms with Crippen molar-refractivity contribution in [3.8, 4) is 0 Å². The van der Waals surface area contributed by atoms with E-state index in [-0.39, 0.29) is 17.3 Å². The van der Waals surface area contributed by atoms with E-state index >= 15 is 0 Å². The molecule has 3 fully saturated rings. The lowest BCUT2D eigenvalue weighted by Crippen LogP contribution is -2.52. The molecule has 25 heavy (non-hydrogen) atoms. The van der Waals surface area contributed by atoms with Gasteiger partial charge in [-0.3, -0.25) is 9.59 Å². The molecule has 4 nitrogen and oxygen atoms in total. The quantitative estimate of drug-likeness (QED) is 0.749. The zero-order chi connectivity index (χ0) is 17.8. The van der Waals surface area contributed by atoms with Gasteiger partial charge in [-0.25, -0.2) is 0 Å². The van der Waals surface area contributed by atoms with Crippen molar-refractivity contribution in [1.82, 2.24) is 5.32 Å². The van der Waals surface area contributed by atoms with Crippen LogP contribution in [0.15, 0.2) is 12.1 Å². The molecule has 1 aromatic rings. The third kappa shape index (κ3) is 2.70. The lowest BCUT2D eigenvalue weighted by Gasteiger charge is -2.41. The number of carbonyl (C=O) groups is 2. The molecule has 4 rings (SSSR count). The number of ether oxygens (including phenoxy) is 1. The van der Waals surface area contributed by atoms with Crippen LogP contribution >= 0.6 is 23.2 Å². The SMILES string of the molecule is Cc1cc(Cl)cc(Cl)c1C1C(=O)NC2(CCC3(CCCO3)CC2)C1=O. The van der Waals surface area contributed by atoms with Gasteiger partial charge in [-0.2, -0.15) is 0 Å². The Hall–Kier alpha value is -1.10. The summed E-state index contributed by atoms with van der Waals surface area (Å²) in [7, 11) is 0. The van der Waals surface area contributed by atoms with Crippen molar-refractivity contribution in [2.24, 2.45) is 0 Å². The predicted octanol–water partition coefficient (Wildman–Crippen LogP) is 3.95. The molecule has 0 aromatic heterocycles. The minimum absolute atomic E-state index is 0.0577. The van der Waals surface area contributed by atoms with Crippen molar-refractivity contribution < 1.29 is 14.3 Å². The van der Waals surface area contributed by atoms with Crippen LogP contribution in [0.3, 0.4) is 0 Å². The first-order valence-electron chi connectivity index (χ1n) is 8.82. The highest BCUT2D eigenvalue weighted by molar-refractivity contribution is 6.36. The maximum Gasteiger partial charge on any atom is 0.236 e. The molecule has 1 aromatic carbocycles. The second-order valence-electron chi connectivity index (χ2n) is 7.62. The molecule has 2 aliphatic heterocycles. The van der Waals surface area contributed by atoms with Crippen LogP contribution in [0.1, 0.15) is 55.6 Å². The van der Waals surface area contributed by atoms with Gasteiger partial charge < -0.3 is 10.1 Å². The van der Waals surface area contributed by atoms with Gasteiger partial charge in [0.05, 0.1) is 11.1 Å². The third-order valence-electron chi connectivity index (χ3n) is 6.15. The van der Waals surface area contributed by atoms with Crippen LogP contribution in [0.2, 0.25) is 10.0 Å². The predicted molar refractivity (Wildman–Crippen MR) is 96.2 cm³/mol. The standard InChI is InChI=1S/C19H21Cl2NO3/c1-11-9-12(20)10-13(21)14(11)15-16(23)19(22-17(15)24)6-4-18(5-7-19)3-2-8-25-18/h9-10,15H,2-8H2,1H3,(H,22,24). The number of amides is 1. The van der Waals surface area contributed by atoms with E-state index in [1.165, 1.54) is 0 Å². The van der Waals surface area contributed by atoms with Crippen molar-refractivity contribution in [3.63, 3.8) is 0 Å². The van der Waals surface area contributed by atoms with Gasteiger partial charge in [0.1, 0.15) is 5.92 Å². The molecule has 6 heteroatoms. The average Bonchev–Trinajstić information content (AvgIpc) is 3.09. The fraction of sp³-hybridized carbons (Fsp3) is 0.579. The minimum Gasteiger partial charge on any atom is -0.375 e. The van der Waals surface area contributed by atoms with Crippen molar-refractivity contribution >= 4 is 34.9 Å². The number of aryl methyl sites for hydroxylation is 1. The van der Waals surface area contributed by atoms with Gasteiger partial charge in [0, 0.05) is 16.7 Å². The van der Waals surface area contributed by atoms with Gasteiger partial charge in [-0.1, -0.05) is 23.2 Å². The normalized spacial score (nSPS) is 34.9. The van der Waals surface area contributed by atoms with E-state index in [0.717, 1.165) is 37.9 Å². The summed E-state index contributed by atoms with van der Waals surface area (Å²) in [6.45, 7) is 2.64. The monoisotopic (exact) mass is 381 g/mol. The van der Waals surface area contributed by atoms with Crippen molar-refractivity contribution in [2.45, 2.75) is 62.5 Å². The first-order valence-corrected chi connectivity index (χ1v) is 9.57. The lowest BCUT2D eigenvalue weighted by molar-refractivity contribution is -0.127. The lowest BCUT2D eigenvalue weighted by atomic mass is 9.70. The van der Waals surface area contributed by atoms with Crippen molar-refractivity contribution in [3.05, 3.63) is 33.3 Å². The van der Waals surface area contributed by atoms with Crippen molar-refractivity contribution in [2.75, 3.05) is 6.61 Å². The Morgan fingerprint density at radius 3 is 2.44 bits per heavy atom. The number of hydrogen-bond acceptors (Lipinski definition) is 3. The zero-order valence-electron chi connectivity index (χ0n) is 14.2. The Labute approximate surface area is 157 Å². The summed E-state index contributed by atoms with van der Waals surface area (Å²) in [5.41, 5.74) is 0.508. The molecular formula is C19H21Cl2NO3. The molecule has 1 amide bonds. The van der Waals surface area contributed by atoms with Crippen LogP contribution < -0.4 is 5.32 Å². The van der Waals surface area contributed by atoms with Crippen molar-refractivity contribution in [1.29, 1.82) is 0 Å². The Morgan fingerprint density at radius 1 is 1.12 bits per heavy atom. The van der Waals surface area contributed by atoms with Gasteiger partial charge in [0.15, 0.2) is 5.78 Å².